The minimum atomic E-state index is -4.55. The van der Waals surface area contributed by atoms with E-state index in [4.69, 9.17) is 4.55 Å². The van der Waals surface area contributed by atoms with Crippen molar-refractivity contribution in [3.05, 3.63) is 0 Å². The average Bonchev–Trinajstić information content (AvgIpc) is 2.10. The van der Waals surface area contributed by atoms with Gasteiger partial charge in [-0.25, -0.2) is 4.18 Å². The molecule has 1 N–H and O–H groups in total. The first-order valence-electron chi connectivity index (χ1n) is 1.72. The SMILES string of the molecule is O=S(=O)(O)C1OS1(=O)=O. The summed E-state index contributed by atoms with van der Waals surface area (Å²) in [7, 11) is -8.50. The number of rotatable bonds is 1. The maximum absolute atomic E-state index is 9.96. The summed E-state index contributed by atoms with van der Waals surface area (Å²) in [4.78, 5) is 0. The van der Waals surface area contributed by atoms with Crippen molar-refractivity contribution < 1.29 is 25.6 Å². The van der Waals surface area contributed by atoms with Crippen LogP contribution in [0, 0.1) is 0 Å². The molecule has 54 valence electrons. The molecule has 0 aromatic rings. The van der Waals surface area contributed by atoms with Crippen LogP contribution < -0.4 is 0 Å². The molecule has 1 rings (SSSR count). The Hall–Kier alpha value is -0.180. The predicted octanol–water partition coefficient (Wildman–Crippen LogP) is -1.48. The largest absolute Gasteiger partial charge is 0.326 e. The maximum Gasteiger partial charge on any atom is 0.326 e. The lowest BCUT2D eigenvalue weighted by Gasteiger charge is -1.77. The fourth-order valence-electron chi connectivity index (χ4n) is 0.285. The van der Waals surface area contributed by atoms with Gasteiger partial charge in [-0.15, -0.1) is 0 Å². The van der Waals surface area contributed by atoms with Gasteiger partial charge in [0.2, 0.25) is 0 Å². The molecule has 1 fully saturated rings. The monoisotopic (exact) mass is 174 g/mol. The molecule has 0 aliphatic carbocycles. The third-order valence-corrected chi connectivity index (χ3v) is 3.63. The second kappa shape index (κ2) is 1.45. The highest BCUT2D eigenvalue weighted by molar-refractivity contribution is 8.09. The minimum Gasteiger partial charge on any atom is -0.283 e. The molecule has 0 spiro atoms. The topological polar surface area (TPSA) is 101 Å². The molecule has 1 saturated heterocycles. The van der Waals surface area contributed by atoms with E-state index in [1.54, 1.807) is 0 Å². The highest BCUT2D eigenvalue weighted by Crippen LogP contribution is 2.28. The molecule has 1 atom stereocenters. The van der Waals surface area contributed by atoms with Crippen LogP contribution in [0.25, 0.3) is 0 Å². The fraction of sp³-hybridized carbons (Fsp3) is 1.00. The standard InChI is InChI=1S/CH2O6S2/c2-8(3,4)1-7-9(1,5)6/h1H,(H,2,3,4). The van der Waals surface area contributed by atoms with Crippen LogP contribution >= 0.6 is 0 Å². The van der Waals surface area contributed by atoms with Crippen molar-refractivity contribution in [3.8, 4) is 0 Å². The van der Waals surface area contributed by atoms with E-state index < -0.39 is 25.0 Å². The van der Waals surface area contributed by atoms with Crippen molar-refractivity contribution in [1.29, 1.82) is 0 Å². The lowest BCUT2D eigenvalue weighted by atomic mass is 11.7. The van der Waals surface area contributed by atoms with Gasteiger partial charge >= 0.3 is 25.0 Å². The highest BCUT2D eigenvalue weighted by atomic mass is 32.3. The minimum absolute atomic E-state index is 2.04. The Kier molecular flexibility index (Phi) is 1.12. The van der Waals surface area contributed by atoms with Gasteiger partial charge in [-0.05, 0) is 0 Å². The van der Waals surface area contributed by atoms with Gasteiger partial charge in [0.05, 0.1) is 0 Å². The third kappa shape index (κ3) is 1.21. The second-order valence-corrected chi connectivity index (χ2v) is 4.76. The molecule has 0 bridgehead atoms. The normalized spacial score (nSPS) is 31.9. The molecular formula is CH2O6S2. The molecule has 8 heteroatoms. The summed E-state index contributed by atoms with van der Waals surface area (Å²) in [6.45, 7) is 0. The fourth-order valence-corrected chi connectivity index (χ4v) is 2.57. The van der Waals surface area contributed by atoms with Crippen LogP contribution in [0.1, 0.15) is 0 Å². The van der Waals surface area contributed by atoms with Gasteiger partial charge in [-0.1, -0.05) is 0 Å². The molecule has 0 radical (unpaired) electrons. The summed E-state index contributed by atoms with van der Waals surface area (Å²) < 4.78 is 49.2. The molecule has 0 aromatic carbocycles. The Labute approximate surface area is 51.3 Å². The van der Waals surface area contributed by atoms with Crippen LogP contribution in [0.5, 0.6) is 0 Å². The van der Waals surface area contributed by atoms with E-state index in [2.05, 4.69) is 4.18 Å². The Bertz CT molecular complexity index is 305. The van der Waals surface area contributed by atoms with E-state index in [1.807, 2.05) is 0 Å². The summed E-state index contributed by atoms with van der Waals surface area (Å²) in [5.41, 5.74) is 0. The summed E-state index contributed by atoms with van der Waals surface area (Å²) in [6.07, 6.45) is 0. The Morgan fingerprint density at radius 2 is 1.78 bits per heavy atom. The van der Waals surface area contributed by atoms with E-state index in [-0.39, 0.29) is 0 Å². The summed E-state index contributed by atoms with van der Waals surface area (Å²) in [6, 6.07) is 0. The first-order valence-corrected chi connectivity index (χ1v) is 4.70. The molecule has 6 nitrogen and oxygen atoms in total. The van der Waals surface area contributed by atoms with Crippen molar-refractivity contribution in [2.45, 2.75) is 4.77 Å². The first-order chi connectivity index (χ1) is 3.84. The van der Waals surface area contributed by atoms with Gasteiger partial charge in [0.1, 0.15) is 0 Å². The second-order valence-electron chi connectivity index (χ2n) is 1.39. The van der Waals surface area contributed by atoms with E-state index in [0.717, 1.165) is 0 Å². The van der Waals surface area contributed by atoms with Gasteiger partial charge in [0, 0.05) is 0 Å². The zero-order chi connectivity index (χ0) is 7.28. The lowest BCUT2D eigenvalue weighted by Crippen LogP contribution is -2.06. The molecule has 0 saturated carbocycles. The van der Waals surface area contributed by atoms with Crippen LogP contribution in [0.15, 0.2) is 0 Å². The highest BCUT2D eigenvalue weighted by Gasteiger charge is 2.56. The van der Waals surface area contributed by atoms with Crippen LogP contribution in [0.4, 0.5) is 0 Å². The van der Waals surface area contributed by atoms with E-state index in [0.29, 0.717) is 0 Å². The van der Waals surface area contributed by atoms with Gasteiger partial charge in [0.25, 0.3) is 0 Å². The zero-order valence-electron chi connectivity index (χ0n) is 3.88. The Balaban J connectivity index is 3.01. The molecule has 0 amide bonds. The van der Waals surface area contributed by atoms with E-state index in [9.17, 15) is 16.8 Å². The van der Waals surface area contributed by atoms with Crippen molar-refractivity contribution in [2.24, 2.45) is 0 Å². The van der Waals surface area contributed by atoms with Crippen LogP contribution in [-0.4, -0.2) is 26.2 Å². The summed E-state index contributed by atoms with van der Waals surface area (Å²) >= 11 is 0. The first kappa shape index (κ1) is 6.93. The Morgan fingerprint density at radius 3 is 1.78 bits per heavy atom. The average molecular weight is 174 g/mol. The molecule has 1 aliphatic rings. The molecule has 1 unspecified atom stereocenters. The molecule has 1 heterocycles. The molecular weight excluding hydrogens is 172 g/mol. The smallest absolute Gasteiger partial charge is 0.283 e. The van der Waals surface area contributed by atoms with Crippen LogP contribution in [0.3, 0.4) is 0 Å². The Morgan fingerprint density at radius 1 is 1.44 bits per heavy atom. The summed E-state index contributed by atoms with van der Waals surface area (Å²) in [5, 5.41) is 0. The van der Waals surface area contributed by atoms with Gasteiger partial charge in [-0.2, -0.15) is 16.8 Å². The van der Waals surface area contributed by atoms with Crippen molar-refractivity contribution in [3.63, 3.8) is 0 Å². The van der Waals surface area contributed by atoms with Gasteiger partial charge in [-0.3, -0.25) is 4.55 Å². The van der Waals surface area contributed by atoms with E-state index in [1.165, 1.54) is 0 Å². The van der Waals surface area contributed by atoms with Crippen molar-refractivity contribution >= 4 is 20.2 Å². The zero-order valence-corrected chi connectivity index (χ0v) is 5.52. The van der Waals surface area contributed by atoms with Gasteiger partial charge < -0.3 is 0 Å². The quantitative estimate of drug-likeness (QED) is 0.384. The van der Waals surface area contributed by atoms with Crippen LogP contribution in [0.2, 0.25) is 0 Å². The third-order valence-electron chi connectivity index (χ3n) is 0.654. The molecule has 0 aromatic heterocycles. The molecule has 9 heavy (non-hydrogen) atoms. The molecule has 1 aliphatic heterocycles. The summed E-state index contributed by atoms with van der Waals surface area (Å²) in [5.74, 6) is 0. The maximum atomic E-state index is 9.96. The van der Waals surface area contributed by atoms with Gasteiger partial charge in [0.15, 0.2) is 0 Å². The van der Waals surface area contributed by atoms with Crippen molar-refractivity contribution in [1.82, 2.24) is 0 Å². The van der Waals surface area contributed by atoms with E-state index >= 15 is 0 Å². The van der Waals surface area contributed by atoms with Crippen molar-refractivity contribution in [2.75, 3.05) is 0 Å². The number of hydrogen-bond acceptors (Lipinski definition) is 5. The van der Waals surface area contributed by atoms with Crippen LogP contribution in [-0.2, 0) is 24.4 Å². The predicted molar refractivity (Wildman–Crippen MR) is 25.3 cm³/mol. The lowest BCUT2D eigenvalue weighted by molar-refractivity contribution is 0.431. The number of hydrogen-bond donors (Lipinski definition) is 1.